The van der Waals surface area contributed by atoms with E-state index in [0.29, 0.717) is 13.1 Å². The summed E-state index contributed by atoms with van der Waals surface area (Å²) in [7, 11) is -3.46. The molecule has 0 atom stereocenters. The predicted molar refractivity (Wildman–Crippen MR) is 81.3 cm³/mol. The minimum absolute atomic E-state index is 0.276. The molecule has 2 aromatic heterocycles. The number of sulfonamides is 1. The third-order valence-corrected chi connectivity index (χ3v) is 5.30. The molecule has 20 heavy (non-hydrogen) atoms. The largest absolute Gasteiger partial charge is 0.363 e. The molecule has 0 saturated carbocycles. The standard InChI is InChI=1S/C13H19N3O2S2/c1-3-14-6-12-4-13(7-15-12)20(17,18)16-5-11-9-19-8-10(11)2/h4,7-9,14-16H,3,5-6H2,1-2H3. The van der Waals surface area contributed by atoms with Gasteiger partial charge in [0, 0.05) is 25.0 Å². The molecule has 0 aliphatic rings. The minimum atomic E-state index is -3.46. The Bertz CT molecular complexity index is 659. The van der Waals surface area contributed by atoms with Crippen LogP contribution in [0, 0.1) is 6.92 Å². The van der Waals surface area contributed by atoms with Gasteiger partial charge < -0.3 is 10.3 Å². The van der Waals surface area contributed by atoms with Crippen molar-refractivity contribution in [2.75, 3.05) is 6.54 Å². The number of aromatic nitrogens is 1. The molecular formula is C13H19N3O2S2. The van der Waals surface area contributed by atoms with E-state index in [2.05, 4.69) is 15.0 Å². The first-order chi connectivity index (χ1) is 9.53. The maximum Gasteiger partial charge on any atom is 0.242 e. The molecule has 0 unspecified atom stereocenters. The van der Waals surface area contributed by atoms with Crippen LogP contribution in [0.2, 0.25) is 0 Å². The molecule has 0 saturated heterocycles. The fraction of sp³-hybridized carbons (Fsp3) is 0.385. The number of nitrogens with one attached hydrogen (secondary N) is 3. The van der Waals surface area contributed by atoms with Gasteiger partial charge in [0.2, 0.25) is 10.0 Å². The van der Waals surface area contributed by atoms with Gasteiger partial charge in [0.15, 0.2) is 0 Å². The number of hydrogen-bond donors (Lipinski definition) is 3. The number of hydrogen-bond acceptors (Lipinski definition) is 4. The quantitative estimate of drug-likeness (QED) is 0.731. The highest BCUT2D eigenvalue weighted by Crippen LogP contribution is 2.15. The summed E-state index contributed by atoms with van der Waals surface area (Å²) in [6.07, 6.45) is 1.52. The molecule has 0 amide bonds. The zero-order valence-corrected chi connectivity index (χ0v) is 13.2. The van der Waals surface area contributed by atoms with E-state index in [1.54, 1.807) is 17.4 Å². The van der Waals surface area contributed by atoms with Crippen LogP contribution < -0.4 is 10.0 Å². The second kappa shape index (κ2) is 6.53. The molecule has 2 heterocycles. The van der Waals surface area contributed by atoms with Crippen LogP contribution >= 0.6 is 11.3 Å². The predicted octanol–water partition coefficient (Wildman–Crippen LogP) is 1.97. The van der Waals surface area contributed by atoms with E-state index in [1.165, 1.54) is 6.20 Å². The van der Waals surface area contributed by atoms with Crippen LogP contribution in [0.1, 0.15) is 23.7 Å². The van der Waals surface area contributed by atoms with Crippen molar-refractivity contribution in [1.29, 1.82) is 0 Å². The first kappa shape index (κ1) is 15.2. The molecule has 0 spiro atoms. The van der Waals surface area contributed by atoms with Gasteiger partial charge in [-0.25, -0.2) is 13.1 Å². The normalized spacial score (nSPS) is 11.9. The second-order valence-electron chi connectivity index (χ2n) is 4.55. The molecule has 0 radical (unpaired) electrons. The smallest absolute Gasteiger partial charge is 0.242 e. The molecule has 3 N–H and O–H groups in total. The summed E-state index contributed by atoms with van der Waals surface area (Å²) in [5, 5.41) is 7.12. The lowest BCUT2D eigenvalue weighted by molar-refractivity contribution is 0.581. The van der Waals surface area contributed by atoms with Crippen molar-refractivity contribution < 1.29 is 8.42 Å². The van der Waals surface area contributed by atoms with Crippen LogP contribution in [0.3, 0.4) is 0 Å². The summed E-state index contributed by atoms with van der Waals surface area (Å²) in [5.41, 5.74) is 2.99. The van der Waals surface area contributed by atoms with Crippen molar-refractivity contribution in [2.45, 2.75) is 31.8 Å². The van der Waals surface area contributed by atoms with Crippen molar-refractivity contribution in [3.63, 3.8) is 0 Å². The molecule has 0 aromatic carbocycles. The highest BCUT2D eigenvalue weighted by Gasteiger charge is 2.16. The van der Waals surface area contributed by atoms with Gasteiger partial charge in [0.1, 0.15) is 0 Å². The molecule has 5 nitrogen and oxygen atoms in total. The van der Waals surface area contributed by atoms with E-state index in [9.17, 15) is 8.42 Å². The van der Waals surface area contributed by atoms with E-state index in [4.69, 9.17) is 0 Å². The average Bonchev–Trinajstić information content (AvgIpc) is 3.03. The third kappa shape index (κ3) is 3.69. The van der Waals surface area contributed by atoms with E-state index in [0.717, 1.165) is 23.4 Å². The Kier molecular flexibility index (Phi) is 4.98. The summed E-state index contributed by atoms with van der Waals surface area (Å²) in [6, 6.07) is 1.66. The second-order valence-corrected chi connectivity index (χ2v) is 7.06. The van der Waals surface area contributed by atoms with E-state index in [-0.39, 0.29) is 4.90 Å². The summed E-state index contributed by atoms with van der Waals surface area (Å²) in [6.45, 7) is 5.79. The average molecular weight is 313 g/mol. The Morgan fingerprint density at radius 1 is 1.30 bits per heavy atom. The number of aromatic amines is 1. The van der Waals surface area contributed by atoms with Crippen molar-refractivity contribution in [3.05, 3.63) is 39.8 Å². The van der Waals surface area contributed by atoms with Crippen LogP contribution in [-0.2, 0) is 23.1 Å². The fourth-order valence-electron chi connectivity index (χ4n) is 1.76. The van der Waals surface area contributed by atoms with Crippen molar-refractivity contribution >= 4 is 21.4 Å². The van der Waals surface area contributed by atoms with E-state index >= 15 is 0 Å². The first-order valence-corrected chi connectivity index (χ1v) is 8.85. The Labute approximate surface area is 123 Å². The summed E-state index contributed by atoms with van der Waals surface area (Å²) in [5.74, 6) is 0. The zero-order valence-electron chi connectivity index (χ0n) is 11.6. The van der Waals surface area contributed by atoms with E-state index < -0.39 is 10.0 Å². The number of H-pyrrole nitrogens is 1. The van der Waals surface area contributed by atoms with Gasteiger partial charge in [-0.05, 0) is 41.4 Å². The van der Waals surface area contributed by atoms with Gasteiger partial charge >= 0.3 is 0 Å². The van der Waals surface area contributed by atoms with Gasteiger partial charge in [0.25, 0.3) is 0 Å². The zero-order chi connectivity index (χ0) is 14.6. The van der Waals surface area contributed by atoms with Crippen LogP contribution in [0.4, 0.5) is 0 Å². The highest BCUT2D eigenvalue weighted by molar-refractivity contribution is 7.89. The Morgan fingerprint density at radius 3 is 2.75 bits per heavy atom. The van der Waals surface area contributed by atoms with Crippen molar-refractivity contribution in [1.82, 2.24) is 15.0 Å². The lowest BCUT2D eigenvalue weighted by Gasteiger charge is -2.04. The maximum absolute atomic E-state index is 12.2. The summed E-state index contributed by atoms with van der Waals surface area (Å²) < 4.78 is 27.0. The number of aryl methyl sites for hydroxylation is 1. The monoisotopic (exact) mass is 313 g/mol. The minimum Gasteiger partial charge on any atom is -0.363 e. The Hall–Kier alpha value is -1.15. The molecule has 2 aromatic rings. The molecule has 7 heteroatoms. The molecule has 110 valence electrons. The fourth-order valence-corrected chi connectivity index (χ4v) is 3.64. The van der Waals surface area contributed by atoms with Gasteiger partial charge in [-0.3, -0.25) is 0 Å². The van der Waals surface area contributed by atoms with Crippen LogP contribution in [0.25, 0.3) is 0 Å². The molecule has 2 rings (SSSR count). The van der Waals surface area contributed by atoms with Crippen LogP contribution in [0.5, 0.6) is 0 Å². The van der Waals surface area contributed by atoms with Crippen LogP contribution in [0.15, 0.2) is 27.9 Å². The first-order valence-electron chi connectivity index (χ1n) is 6.42. The Morgan fingerprint density at radius 2 is 2.10 bits per heavy atom. The molecular weight excluding hydrogens is 294 g/mol. The number of thiophene rings is 1. The van der Waals surface area contributed by atoms with Gasteiger partial charge in [-0.1, -0.05) is 6.92 Å². The van der Waals surface area contributed by atoms with E-state index in [1.807, 2.05) is 24.6 Å². The van der Waals surface area contributed by atoms with Crippen molar-refractivity contribution in [2.24, 2.45) is 0 Å². The lowest BCUT2D eigenvalue weighted by Crippen LogP contribution is -2.22. The highest BCUT2D eigenvalue weighted by atomic mass is 32.2. The SMILES string of the molecule is CCNCc1cc(S(=O)(=O)NCc2cscc2C)c[nH]1. The number of rotatable bonds is 7. The molecule has 0 bridgehead atoms. The summed E-state index contributed by atoms with van der Waals surface area (Å²) >= 11 is 1.58. The maximum atomic E-state index is 12.2. The Balaban J connectivity index is 2.03. The molecule has 0 aliphatic heterocycles. The van der Waals surface area contributed by atoms with Crippen LogP contribution in [-0.4, -0.2) is 19.9 Å². The van der Waals surface area contributed by atoms with Gasteiger partial charge in [-0.2, -0.15) is 11.3 Å². The topological polar surface area (TPSA) is 74.0 Å². The summed E-state index contributed by atoms with van der Waals surface area (Å²) in [4.78, 5) is 3.25. The molecule has 0 aliphatic carbocycles. The third-order valence-electron chi connectivity index (χ3n) is 3.01. The lowest BCUT2D eigenvalue weighted by atomic mass is 10.2. The molecule has 0 fully saturated rings. The van der Waals surface area contributed by atoms with Crippen molar-refractivity contribution in [3.8, 4) is 0 Å². The van der Waals surface area contributed by atoms with Gasteiger partial charge in [0.05, 0.1) is 4.90 Å². The van der Waals surface area contributed by atoms with Gasteiger partial charge in [-0.15, -0.1) is 0 Å².